The van der Waals surface area contributed by atoms with Crippen LogP contribution < -0.4 is 5.32 Å². The van der Waals surface area contributed by atoms with Crippen LogP contribution in [0.1, 0.15) is 40.5 Å². The fourth-order valence-electron chi connectivity index (χ4n) is 3.11. The number of nitrogens with zero attached hydrogens (tertiary/aromatic N) is 6. The number of aryl methyl sites for hydroxylation is 1. The minimum atomic E-state index is -0.125. The van der Waals surface area contributed by atoms with Gasteiger partial charge in [-0.05, 0) is 31.4 Å². The Hall–Kier alpha value is -3.03. The van der Waals surface area contributed by atoms with Gasteiger partial charge in [-0.25, -0.2) is 14.6 Å². The van der Waals surface area contributed by atoms with Crippen molar-refractivity contribution in [1.29, 1.82) is 0 Å². The highest BCUT2D eigenvalue weighted by Crippen LogP contribution is 2.29. The van der Waals surface area contributed by atoms with Crippen molar-refractivity contribution in [3.63, 3.8) is 0 Å². The van der Waals surface area contributed by atoms with Crippen molar-refractivity contribution in [2.24, 2.45) is 7.05 Å². The summed E-state index contributed by atoms with van der Waals surface area (Å²) in [7, 11) is 1.94. The number of hydrogen-bond donors (Lipinski definition) is 1. The Kier molecular flexibility index (Phi) is 3.56. The molecule has 3 aromatic rings. The molecule has 24 heavy (non-hydrogen) atoms. The van der Waals surface area contributed by atoms with Gasteiger partial charge < -0.3 is 5.32 Å². The van der Waals surface area contributed by atoms with E-state index in [1.165, 1.54) is 16.7 Å². The zero-order valence-corrected chi connectivity index (χ0v) is 13.3. The molecular formula is C16H17N7O. The van der Waals surface area contributed by atoms with Crippen LogP contribution in [0.3, 0.4) is 0 Å². The lowest BCUT2D eigenvalue weighted by Gasteiger charge is -2.23. The van der Waals surface area contributed by atoms with E-state index in [1.807, 2.05) is 17.9 Å². The van der Waals surface area contributed by atoms with Gasteiger partial charge in [0.15, 0.2) is 5.82 Å². The molecule has 3 aromatic heterocycles. The summed E-state index contributed by atoms with van der Waals surface area (Å²) in [6, 6.07) is 3.40. The lowest BCUT2D eigenvalue weighted by molar-refractivity contribution is 0.0932. The molecule has 4 rings (SSSR count). The van der Waals surface area contributed by atoms with Crippen LogP contribution in [0.15, 0.2) is 37.2 Å². The minimum absolute atomic E-state index is 0.00191. The van der Waals surface area contributed by atoms with Gasteiger partial charge in [-0.1, -0.05) is 0 Å². The standard InChI is InChI=1S/C16H17N7O/c1-22-14-4-2-3-13(12(14)8-19-22)21-16(24)11-5-6-18-15(7-11)23-10-17-9-20-23/h5-10,13H,2-4H2,1H3,(H,21,24). The second kappa shape index (κ2) is 5.88. The average Bonchev–Trinajstić information content (AvgIpc) is 3.26. The van der Waals surface area contributed by atoms with Crippen molar-refractivity contribution >= 4 is 5.91 Å². The lowest BCUT2D eigenvalue weighted by atomic mass is 9.93. The van der Waals surface area contributed by atoms with Gasteiger partial charge in [-0.15, -0.1) is 0 Å². The van der Waals surface area contributed by atoms with E-state index in [0.717, 1.165) is 24.8 Å². The molecule has 0 aromatic carbocycles. The molecule has 1 amide bonds. The van der Waals surface area contributed by atoms with Crippen LogP contribution >= 0.6 is 0 Å². The van der Waals surface area contributed by atoms with Crippen LogP contribution in [0.5, 0.6) is 0 Å². The third-order valence-electron chi connectivity index (χ3n) is 4.34. The third kappa shape index (κ3) is 2.55. The van der Waals surface area contributed by atoms with E-state index >= 15 is 0 Å². The highest BCUT2D eigenvalue weighted by Gasteiger charge is 2.25. The van der Waals surface area contributed by atoms with Crippen molar-refractivity contribution in [3.8, 4) is 5.82 Å². The summed E-state index contributed by atoms with van der Waals surface area (Å²) in [5.41, 5.74) is 2.86. The predicted octanol–water partition coefficient (Wildman–Crippen LogP) is 1.20. The predicted molar refractivity (Wildman–Crippen MR) is 85.5 cm³/mol. The zero-order valence-electron chi connectivity index (χ0n) is 13.3. The van der Waals surface area contributed by atoms with Crippen molar-refractivity contribution in [2.75, 3.05) is 0 Å². The molecule has 1 atom stereocenters. The van der Waals surface area contributed by atoms with Crippen LogP contribution in [0.4, 0.5) is 0 Å². The fraction of sp³-hybridized carbons (Fsp3) is 0.312. The van der Waals surface area contributed by atoms with Crippen LogP contribution in [0.25, 0.3) is 5.82 Å². The van der Waals surface area contributed by atoms with Gasteiger partial charge in [0, 0.05) is 30.1 Å². The summed E-state index contributed by atoms with van der Waals surface area (Å²) in [5, 5.41) is 11.5. The Morgan fingerprint density at radius 1 is 1.38 bits per heavy atom. The Labute approximate surface area is 138 Å². The number of rotatable bonds is 3. The molecule has 1 N–H and O–H groups in total. The van der Waals surface area contributed by atoms with Crippen LogP contribution in [-0.2, 0) is 13.5 Å². The molecule has 0 saturated heterocycles. The Morgan fingerprint density at radius 2 is 2.29 bits per heavy atom. The number of carbonyl (C=O) groups excluding carboxylic acids is 1. The second-order valence-electron chi connectivity index (χ2n) is 5.83. The number of carbonyl (C=O) groups is 1. The number of nitrogens with one attached hydrogen (secondary N) is 1. The summed E-state index contributed by atoms with van der Waals surface area (Å²) in [6.45, 7) is 0. The molecule has 3 heterocycles. The van der Waals surface area contributed by atoms with Crippen LogP contribution in [0.2, 0.25) is 0 Å². The lowest BCUT2D eigenvalue weighted by Crippen LogP contribution is -2.31. The van der Waals surface area contributed by atoms with Crippen LogP contribution in [-0.4, -0.2) is 35.4 Å². The maximum absolute atomic E-state index is 12.6. The number of aromatic nitrogens is 6. The first-order valence-electron chi connectivity index (χ1n) is 7.85. The second-order valence-corrected chi connectivity index (χ2v) is 5.83. The summed E-state index contributed by atoms with van der Waals surface area (Å²) in [4.78, 5) is 20.8. The number of amides is 1. The van der Waals surface area contributed by atoms with Gasteiger partial charge in [0.25, 0.3) is 5.91 Å². The van der Waals surface area contributed by atoms with Crippen molar-refractivity contribution < 1.29 is 4.79 Å². The Bertz CT molecular complexity index is 868. The van der Waals surface area contributed by atoms with Crippen molar-refractivity contribution in [3.05, 3.63) is 54.0 Å². The molecular weight excluding hydrogens is 306 g/mol. The quantitative estimate of drug-likeness (QED) is 0.782. The van der Waals surface area contributed by atoms with Crippen molar-refractivity contribution in [2.45, 2.75) is 25.3 Å². The normalized spacial score (nSPS) is 16.6. The monoisotopic (exact) mass is 323 g/mol. The summed E-state index contributed by atoms with van der Waals surface area (Å²) >= 11 is 0. The molecule has 8 nitrogen and oxygen atoms in total. The van der Waals surface area contributed by atoms with E-state index < -0.39 is 0 Å². The smallest absolute Gasteiger partial charge is 0.251 e. The zero-order chi connectivity index (χ0) is 16.5. The number of hydrogen-bond acceptors (Lipinski definition) is 5. The van der Waals surface area contributed by atoms with Crippen LogP contribution in [0, 0.1) is 0 Å². The highest BCUT2D eigenvalue weighted by atomic mass is 16.1. The van der Waals surface area contributed by atoms with E-state index in [-0.39, 0.29) is 11.9 Å². The van der Waals surface area contributed by atoms with Gasteiger partial charge in [-0.3, -0.25) is 9.48 Å². The summed E-state index contributed by atoms with van der Waals surface area (Å²) in [6.07, 6.45) is 9.40. The van der Waals surface area contributed by atoms with E-state index in [0.29, 0.717) is 11.4 Å². The van der Waals surface area contributed by atoms with Gasteiger partial charge in [0.1, 0.15) is 12.7 Å². The van der Waals surface area contributed by atoms with Gasteiger partial charge in [-0.2, -0.15) is 10.2 Å². The fourth-order valence-corrected chi connectivity index (χ4v) is 3.11. The molecule has 8 heteroatoms. The first-order chi connectivity index (χ1) is 11.7. The SMILES string of the molecule is Cn1ncc2c1CCCC2NC(=O)c1ccnc(-n2cncn2)c1. The number of fused-ring (bicyclic) bond motifs is 1. The molecule has 1 aliphatic rings. The molecule has 0 bridgehead atoms. The maximum atomic E-state index is 12.6. The highest BCUT2D eigenvalue weighted by molar-refractivity contribution is 5.94. The molecule has 0 aliphatic heterocycles. The first kappa shape index (κ1) is 14.6. The minimum Gasteiger partial charge on any atom is -0.345 e. The molecule has 0 spiro atoms. The topological polar surface area (TPSA) is 90.5 Å². The molecule has 1 unspecified atom stereocenters. The Balaban J connectivity index is 1.56. The van der Waals surface area contributed by atoms with E-state index in [1.54, 1.807) is 24.7 Å². The first-order valence-corrected chi connectivity index (χ1v) is 7.85. The van der Waals surface area contributed by atoms with Gasteiger partial charge >= 0.3 is 0 Å². The van der Waals surface area contributed by atoms with Crippen molar-refractivity contribution in [1.82, 2.24) is 34.8 Å². The summed E-state index contributed by atoms with van der Waals surface area (Å²) < 4.78 is 3.42. The maximum Gasteiger partial charge on any atom is 0.251 e. The van der Waals surface area contributed by atoms with Gasteiger partial charge in [0.05, 0.1) is 12.2 Å². The van der Waals surface area contributed by atoms with E-state index in [2.05, 4.69) is 25.5 Å². The average molecular weight is 323 g/mol. The molecule has 0 fully saturated rings. The van der Waals surface area contributed by atoms with E-state index in [4.69, 9.17) is 0 Å². The third-order valence-corrected chi connectivity index (χ3v) is 4.34. The molecule has 122 valence electrons. The van der Waals surface area contributed by atoms with E-state index in [9.17, 15) is 4.79 Å². The van der Waals surface area contributed by atoms with Gasteiger partial charge in [0.2, 0.25) is 0 Å². The Morgan fingerprint density at radius 3 is 3.12 bits per heavy atom. The molecule has 0 radical (unpaired) electrons. The number of pyridine rings is 1. The molecule has 0 saturated carbocycles. The summed E-state index contributed by atoms with van der Waals surface area (Å²) in [5.74, 6) is 0.436. The molecule has 1 aliphatic carbocycles. The largest absolute Gasteiger partial charge is 0.345 e.